The van der Waals surface area contributed by atoms with Crippen molar-refractivity contribution in [2.24, 2.45) is 13.0 Å². The molecule has 5 rings (SSSR count). The van der Waals surface area contributed by atoms with Crippen molar-refractivity contribution in [3.05, 3.63) is 74.2 Å². The molecule has 0 unspecified atom stereocenters. The molecule has 204 valence electrons. The number of piperidine rings is 1. The maximum absolute atomic E-state index is 13.2. The fraction of sp³-hybridized carbons (Fsp3) is 0.393. The number of halogens is 1. The molecular weight excluding hydrogens is 503 g/mol. The molecule has 0 radical (unpaired) electrons. The van der Waals surface area contributed by atoms with Gasteiger partial charge in [-0.3, -0.25) is 14.2 Å². The third-order valence-electron chi connectivity index (χ3n) is 7.53. The first kappa shape index (κ1) is 26.5. The van der Waals surface area contributed by atoms with Gasteiger partial charge in [-0.2, -0.15) is 4.98 Å². The maximum atomic E-state index is 13.2. The predicted octanol–water partition coefficient (Wildman–Crippen LogP) is 2.49. The molecule has 11 heteroatoms. The number of carboxylic acids is 1. The van der Waals surface area contributed by atoms with Gasteiger partial charge in [-0.05, 0) is 74.7 Å². The Kier molecular flexibility index (Phi) is 7.42. The third kappa shape index (κ3) is 5.53. The summed E-state index contributed by atoms with van der Waals surface area (Å²) >= 11 is 0. The first-order valence-electron chi connectivity index (χ1n) is 13.1. The second-order valence-electron chi connectivity index (χ2n) is 10.1. The van der Waals surface area contributed by atoms with Crippen LogP contribution in [0.25, 0.3) is 22.6 Å². The number of aliphatic carboxylic acids is 1. The van der Waals surface area contributed by atoms with Crippen molar-refractivity contribution in [1.29, 1.82) is 0 Å². The van der Waals surface area contributed by atoms with Crippen molar-refractivity contribution in [3.63, 3.8) is 0 Å². The first-order valence-corrected chi connectivity index (χ1v) is 13.1. The molecule has 10 nitrogen and oxygen atoms in total. The van der Waals surface area contributed by atoms with E-state index >= 15 is 0 Å². The van der Waals surface area contributed by atoms with Crippen LogP contribution in [-0.4, -0.2) is 61.3 Å². The van der Waals surface area contributed by atoms with Gasteiger partial charge < -0.3 is 19.9 Å². The largest absolute Gasteiger partial charge is 0.481 e. The van der Waals surface area contributed by atoms with Crippen LogP contribution >= 0.6 is 0 Å². The highest BCUT2D eigenvalue weighted by Crippen LogP contribution is 2.27. The summed E-state index contributed by atoms with van der Waals surface area (Å²) in [7, 11) is 1.39. The number of hydrogen-bond acceptors (Lipinski definition) is 7. The van der Waals surface area contributed by atoms with Gasteiger partial charge in [0.2, 0.25) is 0 Å². The van der Waals surface area contributed by atoms with Gasteiger partial charge in [-0.25, -0.2) is 14.2 Å². The van der Waals surface area contributed by atoms with Gasteiger partial charge in [0.15, 0.2) is 11.5 Å². The third-order valence-corrected chi connectivity index (χ3v) is 7.53. The molecule has 0 amide bonds. The zero-order chi connectivity index (χ0) is 27.7. The van der Waals surface area contributed by atoms with Crippen molar-refractivity contribution < 1.29 is 14.3 Å². The number of nitrogens with zero attached hydrogens (tertiary/aromatic N) is 5. The number of fused-ring (bicyclic) bond motifs is 2. The molecular formula is C28H31FN6O4. The summed E-state index contributed by atoms with van der Waals surface area (Å²) in [5.74, 6) is -1.11. The van der Waals surface area contributed by atoms with E-state index in [4.69, 9.17) is 0 Å². The van der Waals surface area contributed by atoms with Crippen molar-refractivity contribution >= 4 is 22.7 Å². The number of aromatic nitrogens is 4. The topological polar surface area (TPSA) is 122 Å². The summed E-state index contributed by atoms with van der Waals surface area (Å²) in [5, 5.41) is 12.8. The minimum Gasteiger partial charge on any atom is -0.481 e. The Morgan fingerprint density at radius 3 is 2.51 bits per heavy atom. The van der Waals surface area contributed by atoms with Crippen LogP contribution in [0.4, 0.5) is 10.1 Å². The lowest BCUT2D eigenvalue weighted by Gasteiger charge is -2.30. The van der Waals surface area contributed by atoms with E-state index in [0.717, 1.165) is 26.9 Å². The van der Waals surface area contributed by atoms with Gasteiger partial charge in [0, 0.05) is 32.4 Å². The molecule has 2 aromatic carbocycles. The SMILES string of the molecule is Cc1cc2nc3c(=O)n(C)c(=O)nc-3n(CCN3CCC(C(=O)O)CC3)c2cc1NCCc1ccc(F)cc1. The number of rotatable bonds is 8. The smallest absolute Gasteiger partial charge is 0.352 e. The molecule has 3 aliphatic heterocycles. The van der Waals surface area contributed by atoms with Crippen molar-refractivity contribution in [2.45, 2.75) is 32.7 Å². The summed E-state index contributed by atoms with van der Waals surface area (Å²) in [6.45, 7) is 4.97. The number of benzene rings is 2. The average Bonchev–Trinajstić information content (AvgIpc) is 2.92. The summed E-state index contributed by atoms with van der Waals surface area (Å²) in [6.07, 6.45) is 1.88. The van der Waals surface area contributed by atoms with E-state index in [1.165, 1.54) is 19.2 Å². The molecule has 0 atom stereocenters. The number of nitrogens with one attached hydrogen (secondary N) is 1. The molecule has 1 saturated heterocycles. The molecule has 0 aliphatic carbocycles. The Morgan fingerprint density at radius 2 is 1.82 bits per heavy atom. The molecule has 1 fully saturated rings. The highest BCUT2D eigenvalue weighted by atomic mass is 19.1. The fourth-order valence-electron chi connectivity index (χ4n) is 5.12. The molecule has 2 N–H and O–H groups in total. The van der Waals surface area contributed by atoms with Crippen molar-refractivity contribution in [3.8, 4) is 11.5 Å². The van der Waals surface area contributed by atoms with Gasteiger partial charge in [0.05, 0.1) is 17.0 Å². The minimum absolute atomic E-state index is 0.130. The highest BCUT2D eigenvalue weighted by molar-refractivity contribution is 5.84. The minimum atomic E-state index is -0.756. The second-order valence-corrected chi connectivity index (χ2v) is 10.1. The van der Waals surface area contributed by atoms with Crippen LogP contribution in [0.15, 0.2) is 46.0 Å². The summed E-state index contributed by atoms with van der Waals surface area (Å²) in [4.78, 5) is 47.8. The fourth-order valence-corrected chi connectivity index (χ4v) is 5.12. The monoisotopic (exact) mass is 534 g/mol. The number of hydrogen-bond donors (Lipinski definition) is 2. The van der Waals surface area contributed by atoms with Crippen LogP contribution in [0, 0.1) is 18.7 Å². The van der Waals surface area contributed by atoms with Gasteiger partial charge in [-0.15, -0.1) is 0 Å². The molecule has 0 bridgehead atoms. The number of aryl methyl sites for hydroxylation is 1. The number of likely N-dealkylation sites (tertiary alicyclic amines) is 1. The zero-order valence-electron chi connectivity index (χ0n) is 22.0. The molecule has 2 aromatic rings. The number of carboxylic acid groups (broad SMARTS) is 1. The molecule has 0 saturated carbocycles. The average molecular weight is 535 g/mol. The van der Waals surface area contributed by atoms with Gasteiger partial charge >= 0.3 is 11.7 Å². The Morgan fingerprint density at radius 1 is 1.10 bits per heavy atom. The second kappa shape index (κ2) is 10.9. The molecule has 3 heterocycles. The lowest BCUT2D eigenvalue weighted by molar-refractivity contribution is -0.143. The predicted molar refractivity (Wildman–Crippen MR) is 146 cm³/mol. The Balaban J connectivity index is 1.48. The highest BCUT2D eigenvalue weighted by Gasteiger charge is 2.25. The zero-order valence-corrected chi connectivity index (χ0v) is 22.0. The summed E-state index contributed by atoms with van der Waals surface area (Å²) in [6, 6.07) is 10.3. The number of carbonyl (C=O) groups is 1. The first-order chi connectivity index (χ1) is 18.7. The maximum Gasteiger partial charge on any atom is 0.352 e. The Bertz CT molecular complexity index is 1610. The van der Waals surface area contributed by atoms with E-state index in [1.54, 1.807) is 12.1 Å². The lowest BCUT2D eigenvalue weighted by atomic mass is 9.97. The van der Waals surface area contributed by atoms with Gasteiger partial charge in [0.25, 0.3) is 5.56 Å². The molecule has 3 aliphatic rings. The summed E-state index contributed by atoms with van der Waals surface area (Å²) in [5.41, 5.74) is 3.18. The van der Waals surface area contributed by atoms with E-state index in [0.29, 0.717) is 57.5 Å². The van der Waals surface area contributed by atoms with E-state index in [-0.39, 0.29) is 23.3 Å². The Labute approximate surface area is 224 Å². The summed E-state index contributed by atoms with van der Waals surface area (Å²) < 4.78 is 16.1. The van der Waals surface area contributed by atoms with Crippen LogP contribution in [0.5, 0.6) is 0 Å². The van der Waals surface area contributed by atoms with Crippen molar-refractivity contribution in [1.82, 2.24) is 24.0 Å². The lowest BCUT2D eigenvalue weighted by Crippen LogP contribution is -2.39. The quantitative estimate of drug-likeness (QED) is 0.331. The standard InChI is InChI=1S/C28H31FN6O4/c1-17-15-22-23(16-21(17)30-10-7-18-3-5-20(29)6-4-18)35(14-13-34-11-8-19(9-12-34)27(37)38)25-24(31-22)26(36)33(2)28(39)32-25/h3-6,15-16,19,30H,7-14H2,1-2H3,(H,37,38). The van der Waals surface area contributed by atoms with Crippen LogP contribution in [0.2, 0.25) is 0 Å². The van der Waals surface area contributed by atoms with E-state index in [1.807, 2.05) is 23.6 Å². The van der Waals surface area contributed by atoms with E-state index in [2.05, 4.69) is 20.2 Å². The number of anilines is 1. The Hall–Kier alpha value is -4.12. The van der Waals surface area contributed by atoms with Gasteiger partial charge in [-0.1, -0.05) is 12.1 Å². The molecule has 39 heavy (non-hydrogen) atoms. The van der Waals surface area contributed by atoms with Crippen LogP contribution in [-0.2, 0) is 24.8 Å². The molecule has 0 aromatic heterocycles. The molecule has 0 spiro atoms. The van der Waals surface area contributed by atoms with Crippen molar-refractivity contribution in [2.75, 3.05) is 31.5 Å². The van der Waals surface area contributed by atoms with Crippen LogP contribution in [0.3, 0.4) is 0 Å². The normalized spacial score (nSPS) is 14.7. The van der Waals surface area contributed by atoms with Crippen LogP contribution < -0.4 is 16.6 Å². The van der Waals surface area contributed by atoms with Gasteiger partial charge in [0.1, 0.15) is 5.82 Å². The van der Waals surface area contributed by atoms with E-state index < -0.39 is 17.2 Å². The van der Waals surface area contributed by atoms with Crippen LogP contribution in [0.1, 0.15) is 24.0 Å². The van der Waals surface area contributed by atoms with E-state index in [9.17, 15) is 23.9 Å².